The molecule has 0 saturated heterocycles. The molecule has 3 rings (SSSR count). The maximum absolute atomic E-state index is 12.7. The number of anilines is 1. The second-order valence-electron chi connectivity index (χ2n) is 10.1. The van der Waals surface area contributed by atoms with Crippen molar-refractivity contribution in [3.05, 3.63) is 65.2 Å². The Morgan fingerprint density at radius 1 is 1.13 bits per heavy atom. The van der Waals surface area contributed by atoms with E-state index in [0.29, 0.717) is 17.8 Å². The number of carbonyl (C=O) groups is 1. The smallest absolute Gasteiger partial charge is 0.253 e. The maximum atomic E-state index is 12.7. The van der Waals surface area contributed by atoms with E-state index in [2.05, 4.69) is 68.3 Å². The van der Waals surface area contributed by atoms with Crippen LogP contribution in [0.3, 0.4) is 0 Å². The first-order valence-corrected chi connectivity index (χ1v) is 14.1. The predicted octanol–water partition coefficient (Wildman–Crippen LogP) is 4.45. The van der Waals surface area contributed by atoms with E-state index in [4.69, 9.17) is 10.2 Å². The van der Waals surface area contributed by atoms with Gasteiger partial charge in [-0.05, 0) is 47.8 Å². The summed E-state index contributed by atoms with van der Waals surface area (Å²) in [4.78, 5) is 15.2. The van der Waals surface area contributed by atoms with Gasteiger partial charge in [-0.15, -0.1) is 0 Å². The molecule has 1 aliphatic rings. The summed E-state index contributed by atoms with van der Waals surface area (Å²) in [6, 6.07) is 15.8. The summed E-state index contributed by atoms with van der Waals surface area (Å²) >= 11 is 0. The predicted molar refractivity (Wildman–Crippen MR) is 131 cm³/mol. The van der Waals surface area contributed by atoms with E-state index >= 15 is 0 Å². The first-order chi connectivity index (χ1) is 14.6. The van der Waals surface area contributed by atoms with Crippen molar-refractivity contribution < 1.29 is 9.22 Å². The Labute approximate surface area is 188 Å². The summed E-state index contributed by atoms with van der Waals surface area (Å²) < 4.78 is 6.76. The third-order valence-corrected chi connectivity index (χ3v) is 11.2. The van der Waals surface area contributed by atoms with Crippen molar-refractivity contribution in [2.24, 2.45) is 0 Å². The van der Waals surface area contributed by atoms with E-state index in [9.17, 15) is 4.79 Å². The normalized spacial score (nSPS) is 15.9. The van der Waals surface area contributed by atoms with Crippen molar-refractivity contribution in [3.8, 4) is 0 Å². The SMILES string of the molecule is CC(C)(C)[Si](C)(C)OC(CNC(=O)c1ccccc1N)CN1CCc2ccccc2C1. The number of carbonyl (C=O) groups excluding carboxylic acids is 1. The molecule has 0 fully saturated rings. The number of amides is 1. The van der Waals surface area contributed by atoms with Crippen molar-refractivity contribution in [1.82, 2.24) is 10.2 Å². The fourth-order valence-corrected chi connectivity index (χ4v) is 5.09. The second kappa shape index (κ2) is 9.55. The summed E-state index contributed by atoms with van der Waals surface area (Å²) in [5.74, 6) is -0.147. The molecule has 2 aromatic carbocycles. The van der Waals surface area contributed by atoms with Crippen LogP contribution in [0.5, 0.6) is 0 Å². The Hall–Kier alpha value is -2.15. The number of fused-ring (bicyclic) bond motifs is 1. The molecule has 0 radical (unpaired) electrons. The average Bonchev–Trinajstić information content (AvgIpc) is 2.71. The van der Waals surface area contributed by atoms with Gasteiger partial charge in [-0.1, -0.05) is 57.2 Å². The van der Waals surface area contributed by atoms with Crippen LogP contribution >= 0.6 is 0 Å². The Kier molecular flexibility index (Phi) is 7.24. The lowest BCUT2D eigenvalue weighted by molar-refractivity contribution is 0.0865. The van der Waals surface area contributed by atoms with Gasteiger partial charge in [0.1, 0.15) is 0 Å². The van der Waals surface area contributed by atoms with Gasteiger partial charge in [-0.25, -0.2) is 0 Å². The molecular weight excluding hydrogens is 402 g/mol. The molecule has 1 amide bonds. The lowest BCUT2D eigenvalue weighted by Gasteiger charge is -2.41. The van der Waals surface area contributed by atoms with Gasteiger partial charge < -0.3 is 15.5 Å². The number of rotatable bonds is 7. The third kappa shape index (κ3) is 5.96. The Morgan fingerprint density at radius 2 is 1.77 bits per heavy atom. The second-order valence-corrected chi connectivity index (χ2v) is 14.8. The molecule has 1 aliphatic heterocycles. The van der Waals surface area contributed by atoms with E-state index in [-0.39, 0.29) is 17.0 Å². The molecule has 1 unspecified atom stereocenters. The molecule has 1 atom stereocenters. The van der Waals surface area contributed by atoms with E-state index in [1.807, 2.05) is 12.1 Å². The molecule has 0 bridgehead atoms. The van der Waals surface area contributed by atoms with Gasteiger partial charge in [0.2, 0.25) is 0 Å². The van der Waals surface area contributed by atoms with Crippen LogP contribution in [0, 0.1) is 0 Å². The van der Waals surface area contributed by atoms with Crippen molar-refractivity contribution in [2.45, 2.75) is 58.0 Å². The number of benzene rings is 2. The van der Waals surface area contributed by atoms with Gasteiger partial charge in [0.25, 0.3) is 5.91 Å². The van der Waals surface area contributed by atoms with Crippen LogP contribution in [-0.4, -0.2) is 44.9 Å². The lowest BCUT2D eigenvalue weighted by Crippen LogP contribution is -2.51. The first kappa shape index (κ1) is 23.5. The molecule has 2 aromatic rings. The zero-order chi connectivity index (χ0) is 22.6. The highest BCUT2D eigenvalue weighted by atomic mass is 28.4. The number of hydrogen-bond acceptors (Lipinski definition) is 4. The van der Waals surface area contributed by atoms with Crippen molar-refractivity contribution in [3.63, 3.8) is 0 Å². The molecule has 0 aliphatic carbocycles. The third-order valence-electron chi connectivity index (χ3n) is 6.63. The van der Waals surface area contributed by atoms with E-state index < -0.39 is 8.32 Å². The van der Waals surface area contributed by atoms with Crippen molar-refractivity contribution in [1.29, 1.82) is 0 Å². The molecule has 3 N–H and O–H groups in total. The topological polar surface area (TPSA) is 67.6 Å². The van der Waals surface area contributed by atoms with Gasteiger partial charge in [-0.3, -0.25) is 9.69 Å². The van der Waals surface area contributed by atoms with Crippen molar-refractivity contribution in [2.75, 3.05) is 25.4 Å². The fourth-order valence-electron chi connectivity index (χ4n) is 3.74. The Morgan fingerprint density at radius 3 is 2.45 bits per heavy atom. The van der Waals surface area contributed by atoms with E-state index in [1.165, 1.54) is 11.1 Å². The maximum Gasteiger partial charge on any atom is 0.253 e. The summed E-state index contributed by atoms with van der Waals surface area (Å²) in [7, 11) is -1.99. The van der Waals surface area contributed by atoms with Gasteiger partial charge in [0.05, 0.1) is 11.7 Å². The number of nitrogens with zero attached hydrogens (tertiary/aromatic N) is 1. The molecule has 5 nitrogen and oxygen atoms in total. The highest BCUT2D eigenvalue weighted by molar-refractivity contribution is 6.74. The zero-order valence-corrected chi connectivity index (χ0v) is 20.6. The average molecular weight is 440 g/mol. The minimum Gasteiger partial charge on any atom is -0.411 e. The largest absolute Gasteiger partial charge is 0.411 e. The van der Waals surface area contributed by atoms with Crippen LogP contribution < -0.4 is 11.1 Å². The summed E-state index contributed by atoms with van der Waals surface area (Å²) in [5, 5.41) is 3.18. The van der Waals surface area contributed by atoms with Crippen LogP contribution in [-0.2, 0) is 17.4 Å². The van der Waals surface area contributed by atoms with Gasteiger partial charge in [-0.2, -0.15) is 0 Å². The number of nitrogens with one attached hydrogen (secondary N) is 1. The summed E-state index contributed by atoms with van der Waals surface area (Å²) in [5.41, 5.74) is 9.83. The van der Waals surface area contributed by atoms with Gasteiger partial charge in [0, 0.05) is 31.9 Å². The Bertz CT molecular complexity index is 908. The first-order valence-electron chi connectivity index (χ1n) is 11.2. The monoisotopic (exact) mass is 439 g/mol. The standard InChI is InChI=1S/C25H37N3O2Si/c1-25(2,3)31(4,5)30-21(16-27-24(29)22-12-8-9-13-23(22)26)18-28-15-14-19-10-6-7-11-20(19)17-28/h6-13,21H,14-18,26H2,1-5H3,(H,27,29). The van der Waals surface area contributed by atoms with Crippen LogP contribution in [0.4, 0.5) is 5.69 Å². The molecular formula is C25H37N3O2Si. The fraction of sp³-hybridized carbons (Fsp3) is 0.480. The summed E-state index contributed by atoms with van der Waals surface area (Å²) in [6.45, 7) is 14.5. The van der Waals surface area contributed by atoms with Crippen LogP contribution in [0.25, 0.3) is 0 Å². The van der Waals surface area contributed by atoms with Crippen LogP contribution in [0.2, 0.25) is 18.1 Å². The molecule has 0 aromatic heterocycles. The molecule has 0 saturated carbocycles. The molecule has 6 heteroatoms. The number of nitrogen functional groups attached to an aromatic ring is 1. The van der Waals surface area contributed by atoms with E-state index in [1.54, 1.807) is 12.1 Å². The molecule has 0 spiro atoms. The molecule has 168 valence electrons. The van der Waals surface area contributed by atoms with Gasteiger partial charge >= 0.3 is 0 Å². The van der Waals surface area contributed by atoms with Gasteiger partial charge in [0.15, 0.2) is 8.32 Å². The van der Waals surface area contributed by atoms with E-state index in [0.717, 1.165) is 26.1 Å². The highest BCUT2D eigenvalue weighted by Crippen LogP contribution is 2.37. The Balaban J connectivity index is 1.70. The van der Waals surface area contributed by atoms with Crippen molar-refractivity contribution >= 4 is 19.9 Å². The number of hydrogen-bond donors (Lipinski definition) is 2. The summed E-state index contributed by atoms with van der Waals surface area (Å²) in [6.07, 6.45) is 0.982. The van der Waals surface area contributed by atoms with Crippen LogP contribution in [0.1, 0.15) is 42.3 Å². The number of para-hydroxylation sites is 1. The minimum atomic E-state index is -1.99. The quantitative estimate of drug-likeness (QED) is 0.494. The zero-order valence-electron chi connectivity index (χ0n) is 19.6. The van der Waals surface area contributed by atoms with Crippen LogP contribution in [0.15, 0.2) is 48.5 Å². The highest BCUT2D eigenvalue weighted by Gasteiger charge is 2.39. The molecule has 1 heterocycles. The number of nitrogens with two attached hydrogens (primary N) is 1. The minimum absolute atomic E-state index is 0.0694. The lowest BCUT2D eigenvalue weighted by atomic mass is 10.00. The molecule has 31 heavy (non-hydrogen) atoms.